The van der Waals surface area contributed by atoms with E-state index in [-0.39, 0.29) is 0 Å². The molecule has 0 N–H and O–H groups in total. The Morgan fingerprint density at radius 1 is 0.262 bits per heavy atom. The summed E-state index contributed by atoms with van der Waals surface area (Å²) in [6, 6.07) is 78.5. The summed E-state index contributed by atoms with van der Waals surface area (Å²) in [6.45, 7) is 0. The van der Waals surface area contributed by atoms with Crippen LogP contribution in [0.25, 0.3) is 121 Å². The smallest absolute Gasteiger partial charge is 0.0541 e. The van der Waals surface area contributed by atoms with Gasteiger partial charge in [-0.05, 0) is 145 Å². The van der Waals surface area contributed by atoms with E-state index in [9.17, 15) is 0 Å². The van der Waals surface area contributed by atoms with Crippen molar-refractivity contribution in [2.24, 2.45) is 0 Å². The van der Waals surface area contributed by atoms with E-state index < -0.39 is 0 Å². The Bertz CT molecular complexity index is 3790. The number of thiol groups is 1. The Morgan fingerprint density at radius 2 is 0.672 bits per heavy atom. The van der Waals surface area contributed by atoms with E-state index in [0.717, 1.165) is 38.5 Å². The van der Waals surface area contributed by atoms with Gasteiger partial charge in [-0.25, -0.2) is 0 Å². The van der Waals surface area contributed by atoms with Crippen LogP contribution < -0.4 is 0 Å². The van der Waals surface area contributed by atoms with Crippen molar-refractivity contribution in [3.05, 3.63) is 212 Å². The maximum atomic E-state index is 5.28. The highest BCUT2D eigenvalue weighted by molar-refractivity contribution is 7.80. The van der Waals surface area contributed by atoms with Gasteiger partial charge in [0.15, 0.2) is 0 Å². The van der Waals surface area contributed by atoms with Gasteiger partial charge < -0.3 is 9.13 Å². The second-order valence-corrected chi connectivity index (χ2v) is 16.8. The average Bonchev–Trinajstić information content (AvgIpc) is 3.83. The molecule has 12 aromatic rings. The van der Waals surface area contributed by atoms with Gasteiger partial charge in [0.25, 0.3) is 0 Å². The molecule has 4 aliphatic rings. The van der Waals surface area contributed by atoms with Gasteiger partial charge in [-0.3, -0.25) is 0 Å². The minimum atomic E-state index is 0.968. The zero-order valence-electron chi connectivity index (χ0n) is 33.0. The summed E-state index contributed by atoms with van der Waals surface area (Å²) in [5.74, 6) is 0. The lowest BCUT2D eigenvalue weighted by Crippen LogP contribution is -1.94. The van der Waals surface area contributed by atoms with Gasteiger partial charge in [0.05, 0.1) is 22.1 Å². The van der Waals surface area contributed by atoms with E-state index in [1.807, 2.05) is 0 Å². The number of hydrogen-bond donors (Lipinski definition) is 1. The van der Waals surface area contributed by atoms with Crippen LogP contribution >= 0.6 is 12.6 Å². The van der Waals surface area contributed by atoms with Gasteiger partial charge in [0.1, 0.15) is 0 Å². The third-order valence-corrected chi connectivity index (χ3v) is 13.4. The van der Waals surface area contributed by atoms with Crippen molar-refractivity contribution < 1.29 is 0 Å². The lowest BCUT2D eigenvalue weighted by atomic mass is 9.95. The van der Waals surface area contributed by atoms with Crippen LogP contribution in [-0.2, 0) is 0 Å². The molecule has 6 heterocycles. The summed E-state index contributed by atoms with van der Waals surface area (Å²) in [7, 11) is 0. The number of benzene rings is 10. The Balaban J connectivity index is 1.08. The molecule has 3 heteroatoms. The monoisotopic (exact) mass is 792 g/mol. The summed E-state index contributed by atoms with van der Waals surface area (Å²) in [5.41, 5.74) is 18.6. The van der Waals surface area contributed by atoms with Gasteiger partial charge in [0.2, 0.25) is 0 Å². The van der Waals surface area contributed by atoms with E-state index in [1.165, 1.54) is 87.8 Å². The standard InChI is InChI=1S/C58H36N2S/c61-58-48-17-8-18-49(58)44-26-28-57-53(35-44)51-16-2-4-20-55(51)60(57)47-14-7-11-39(33-47)41-24-22-36-21-23-40(30-45(36)31-41)38-10-6-13-46(32-38)59-54-19-3-1-15-50(54)52-34-42(25-27-56(52)59)37-9-5-12-43(48)29-37/h1-35,61H. The Hall–Kier alpha value is -7.59. The molecule has 0 saturated heterocycles. The van der Waals surface area contributed by atoms with E-state index in [2.05, 4.69) is 221 Å². The van der Waals surface area contributed by atoms with E-state index in [0.29, 0.717) is 0 Å². The molecule has 2 nitrogen and oxygen atoms in total. The second-order valence-electron chi connectivity index (χ2n) is 16.3. The molecule has 0 atom stereocenters. The fourth-order valence-electron chi connectivity index (χ4n) is 9.98. The molecule has 0 fully saturated rings. The first-order valence-electron chi connectivity index (χ1n) is 20.9. The van der Waals surface area contributed by atoms with Crippen molar-refractivity contribution in [1.82, 2.24) is 9.13 Å². The zero-order chi connectivity index (χ0) is 40.2. The van der Waals surface area contributed by atoms with Gasteiger partial charge in [-0.2, -0.15) is 0 Å². The summed E-state index contributed by atoms with van der Waals surface area (Å²) < 4.78 is 4.83. The topological polar surface area (TPSA) is 9.86 Å². The minimum Gasteiger partial charge on any atom is -0.309 e. The molecule has 61 heavy (non-hydrogen) atoms. The molecular formula is C58H36N2S. The maximum absolute atomic E-state index is 5.28. The van der Waals surface area contributed by atoms with Gasteiger partial charge in [-0.15, -0.1) is 12.6 Å². The van der Waals surface area contributed by atoms with Crippen molar-refractivity contribution in [1.29, 1.82) is 0 Å². The number of nitrogens with zero attached hydrogens (tertiary/aromatic N) is 2. The van der Waals surface area contributed by atoms with E-state index >= 15 is 0 Å². The van der Waals surface area contributed by atoms with E-state index in [1.54, 1.807) is 0 Å². The fraction of sp³-hybridized carbons (Fsp3) is 0. The van der Waals surface area contributed by atoms with Crippen LogP contribution in [-0.4, -0.2) is 9.13 Å². The number of para-hydroxylation sites is 2. The summed E-state index contributed by atoms with van der Waals surface area (Å²) >= 11 is 5.28. The minimum absolute atomic E-state index is 0.968. The van der Waals surface area contributed by atoms with Crippen molar-refractivity contribution in [3.8, 4) is 67.0 Å². The SMILES string of the molecule is Sc1c2cccc1-c1ccc3c(c1)c1ccccc1n3-c1cccc(c1)-c1ccc3ccc(cc3c1)-c1cccc(c1)-n1c3ccccc3c3cc(ccc31)-c1cccc-2c1. The first-order chi connectivity index (χ1) is 30.1. The Kier molecular flexibility index (Phi) is 7.42. The average molecular weight is 793 g/mol. The fourth-order valence-corrected chi connectivity index (χ4v) is 10.4. The molecule has 16 rings (SSSR count). The maximum Gasteiger partial charge on any atom is 0.0541 e. The number of fused-ring (bicyclic) bond motifs is 2. The third-order valence-electron chi connectivity index (χ3n) is 12.9. The molecule has 4 aliphatic heterocycles. The molecule has 0 unspecified atom stereocenters. The van der Waals surface area contributed by atoms with Crippen LogP contribution in [0.15, 0.2) is 217 Å². The van der Waals surface area contributed by atoms with Crippen LogP contribution in [0, 0.1) is 0 Å². The van der Waals surface area contributed by atoms with Crippen molar-refractivity contribution >= 4 is 67.0 Å². The summed E-state index contributed by atoms with van der Waals surface area (Å²) in [5, 5.41) is 7.35. The quantitative estimate of drug-likeness (QED) is 0.147. The third kappa shape index (κ3) is 5.31. The highest BCUT2D eigenvalue weighted by Gasteiger charge is 2.18. The Morgan fingerprint density at radius 3 is 1.28 bits per heavy atom. The summed E-state index contributed by atoms with van der Waals surface area (Å²) in [6.07, 6.45) is 0. The molecule has 0 amide bonds. The highest BCUT2D eigenvalue weighted by atomic mass is 32.1. The normalized spacial score (nSPS) is 12.0. The molecule has 10 aromatic carbocycles. The predicted molar refractivity (Wildman–Crippen MR) is 261 cm³/mol. The Labute approximate surface area is 358 Å². The highest BCUT2D eigenvalue weighted by Crippen LogP contribution is 2.42. The summed E-state index contributed by atoms with van der Waals surface area (Å²) in [4.78, 5) is 0.968. The van der Waals surface area contributed by atoms with Crippen molar-refractivity contribution in [3.63, 3.8) is 0 Å². The molecule has 284 valence electrons. The van der Waals surface area contributed by atoms with Gasteiger partial charge in [0, 0.05) is 37.8 Å². The number of hydrogen-bond acceptors (Lipinski definition) is 1. The predicted octanol–water partition coefficient (Wildman–Crippen LogP) is 16.0. The van der Waals surface area contributed by atoms with Gasteiger partial charge in [-0.1, -0.05) is 133 Å². The molecule has 0 spiro atoms. The lowest BCUT2D eigenvalue weighted by Gasteiger charge is -2.14. The van der Waals surface area contributed by atoms with Crippen molar-refractivity contribution in [2.45, 2.75) is 4.90 Å². The lowest BCUT2D eigenvalue weighted by molar-refractivity contribution is 1.18. The molecule has 19 bridgehead atoms. The van der Waals surface area contributed by atoms with Crippen molar-refractivity contribution in [2.75, 3.05) is 0 Å². The number of aromatic nitrogens is 2. The molecule has 0 saturated carbocycles. The largest absolute Gasteiger partial charge is 0.309 e. The molecular weight excluding hydrogens is 757 g/mol. The second kappa shape index (κ2) is 13.2. The first kappa shape index (κ1) is 34.3. The van der Waals surface area contributed by atoms with Crippen LogP contribution in [0.5, 0.6) is 0 Å². The number of rotatable bonds is 0. The van der Waals surface area contributed by atoms with Crippen LogP contribution in [0.4, 0.5) is 0 Å². The molecule has 0 radical (unpaired) electrons. The van der Waals surface area contributed by atoms with Crippen LogP contribution in [0.2, 0.25) is 0 Å². The molecule has 0 aliphatic carbocycles. The van der Waals surface area contributed by atoms with Crippen LogP contribution in [0.1, 0.15) is 0 Å². The van der Waals surface area contributed by atoms with Crippen LogP contribution in [0.3, 0.4) is 0 Å². The van der Waals surface area contributed by atoms with Gasteiger partial charge >= 0.3 is 0 Å². The first-order valence-corrected chi connectivity index (χ1v) is 21.3. The van der Waals surface area contributed by atoms with E-state index in [4.69, 9.17) is 12.6 Å². The molecule has 2 aromatic heterocycles. The zero-order valence-corrected chi connectivity index (χ0v) is 33.9.